The standard InChI is InChI=1S/C40H58N8O7/c1-25(2)17-30(34(49)21-35(50)45-31(18-26(3)4)36(51)43-22-28-13-15-41-16-14-28)46-38(53)33(20-29-23-42-24-44-29)47-37(52)32(19-27-11-9-8-10-12-27)48-39(54)55-40(5,6)7/h8-16,23-26,30-34,49H,17-22H2,1-7H3,(H,42,44)(H,43,51)(H,45,50)(H,46,53)(H,47,52)(H,48,54)/t30-,31-,32-,33-,34-/m0/s1. The third-order valence-corrected chi connectivity index (χ3v) is 8.38. The summed E-state index contributed by atoms with van der Waals surface area (Å²) in [5.74, 6) is -2.08. The fourth-order valence-corrected chi connectivity index (χ4v) is 5.81. The van der Waals surface area contributed by atoms with Crippen molar-refractivity contribution >= 4 is 29.7 Å². The van der Waals surface area contributed by atoms with Crippen molar-refractivity contribution in [3.63, 3.8) is 0 Å². The van der Waals surface area contributed by atoms with Gasteiger partial charge in [-0.3, -0.25) is 24.2 Å². The molecule has 0 unspecified atom stereocenters. The highest BCUT2D eigenvalue weighted by molar-refractivity contribution is 5.92. The van der Waals surface area contributed by atoms with Gasteiger partial charge in [0.05, 0.1) is 30.6 Å². The third kappa shape index (κ3) is 16.7. The van der Waals surface area contributed by atoms with Gasteiger partial charge in [0.1, 0.15) is 23.7 Å². The van der Waals surface area contributed by atoms with E-state index in [0.29, 0.717) is 18.5 Å². The van der Waals surface area contributed by atoms with Gasteiger partial charge in [-0.25, -0.2) is 9.78 Å². The Balaban J connectivity index is 1.76. The minimum Gasteiger partial charge on any atom is -0.444 e. The van der Waals surface area contributed by atoms with Gasteiger partial charge in [0, 0.05) is 38.0 Å². The number of aromatic nitrogens is 3. The molecule has 5 amide bonds. The molecule has 0 saturated heterocycles. The number of nitrogens with zero attached hydrogens (tertiary/aromatic N) is 2. The van der Waals surface area contributed by atoms with Crippen LogP contribution in [0.1, 0.15) is 84.5 Å². The van der Waals surface area contributed by atoms with Gasteiger partial charge >= 0.3 is 6.09 Å². The first-order chi connectivity index (χ1) is 26.0. The van der Waals surface area contributed by atoms with Crippen LogP contribution in [-0.2, 0) is 43.3 Å². The van der Waals surface area contributed by atoms with Crippen molar-refractivity contribution < 1.29 is 33.8 Å². The summed E-state index contributed by atoms with van der Waals surface area (Å²) in [6.45, 7) is 13.1. The fraction of sp³-hybridized carbons (Fsp3) is 0.525. The van der Waals surface area contributed by atoms with Gasteiger partial charge in [0.2, 0.25) is 23.6 Å². The first-order valence-electron chi connectivity index (χ1n) is 18.7. The second kappa shape index (κ2) is 21.5. The molecular formula is C40H58N8O7. The highest BCUT2D eigenvalue weighted by Gasteiger charge is 2.33. The summed E-state index contributed by atoms with van der Waals surface area (Å²) in [6, 6.07) is 8.66. The van der Waals surface area contributed by atoms with Crippen LogP contribution in [0.5, 0.6) is 0 Å². The maximum Gasteiger partial charge on any atom is 0.408 e. The first-order valence-corrected chi connectivity index (χ1v) is 18.7. The lowest BCUT2D eigenvalue weighted by atomic mass is 9.96. The molecule has 0 radical (unpaired) electrons. The second-order valence-corrected chi connectivity index (χ2v) is 15.6. The van der Waals surface area contributed by atoms with Crippen LogP contribution < -0.4 is 26.6 Å². The number of rotatable bonds is 20. The quantitative estimate of drug-likeness (QED) is 0.0899. The predicted molar refractivity (Wildman–Crippen MR) is 207 cm³/mol. The van der Waals surface area contributed by atoms with Gasteiger partial charge < -0.3 is 41.4 Å². The average molecular weight is 763 g/mol. The van der Waals surface area contributed by atoms with E-state index in [2.05, 4.69) is 41.5 Å². The summed E-state index contributed by atoms with van der Waals surface area (Å²) in [5.41, 5.74) is 1.30. The molecule has 3 rings (SSSR count). The lowest BCUT2D eigenvalue weighted by Crippen LogP contribution is -2.58. The van der Waals surface area contributed by atoms with Crippen molar-refractivity contribution in [2.45, 2.75) is 123 Å². The molecule has 0 aliphatic rings. The molecule has 15 heteroatoms. The van der Waals surface area contributed by atoms with Gasteiger partial charge in [0.25, 0.3) is 0 Å². The molecule has 0 bridgehead atoms. The lowest BCUT2D eigenvalue weighted by molar-refractivity contribution is -0.132. The van der Waals surface area contributed by atoms with Crippen LogP contribution in [0.4, 0.5) is 4.79 Å². The van der Waals surface area contributed by atoms with Crippen molar-refractivity contribution in [3.8, 4) is 0 Å². The van der Waals surface area contributed by atoms with Crippen molar-refractivity contribution in [2.75, 3.05) is 0 Å². The van der Waals surface area contributed by atoms with Crippen LogP contribution in [0.25, 0.3) is 0 Å². The summed E-state index contributed by atoms with van der Waals surface area (Å²) in [6.07, 6.45) is 4.58. The zero-order valence-electron chi connectivity index (χ0n) is 32.9. The molecule has 0 saturated carbocycles. The first kappa shape index (κ1) is 44.1. The number of carbonyl (C=O) groups is 5. The summed E-state index contributed by atoms with van der Waals surface area (Å²) < 4.78 is 5.42. The smallest absolute Gasteiger partial charge is 0.408 e. The van der Waals surface area contributed by atoms with E-state index in [9.17, 15) is 29.1 Å². The Morgan fingerprint density at radius 3 is 2.00 bits per heavy atom. The minimum absolute atomic E-state index is 0.00308. The fourth-order valence-electron chi connectivity index (χ4n) is 5.81. The van der Waals surface area contributed by atoms with E-state index in [1.165, 1.54) is 6.33 Å². The van der Waals surface area contributed by atoms with Crippen molar-refractivity contribution in [1.29, 1.82) is 0 Å². The number of alkyl carbamates (subject to hydrolysis) is 1. The number of benzene rings is 1. The number of aromatic amines is 1. The zero-order valence-corrected chi connectivity index (χ0v) is 32.9. The summed E-state index contributed by atoms with van der Waals surface area (Å²) in [5, 5.41) is 25.3. The van der Waals surface area contributed by atoms with Crippen LogP contribution in [0.15, 0.2) is 67.4 Å². The van der Waals surface area contributed by atoms with Gasteiger partial charge in [-0.2, -0.15) is 0 Å². The third-order valence-electron chi connectivity index (χ3n) is 8.38. The molecule has 0 fully saturated rings. The van der Waals surface area contributed by atoms with Gasteiger partial charge in [-0.1, -0.05) is 58.0 Å². The summed E-state index contributed by atoms with van der Waals surface area (Å²) >= 11 is 0. The largest absolute Gasteiger partial charge is 0.444 e. The van der Waals surface area contributed by atoms with Gasteiger partial charge in [-0.05, 0) is 68.7 Å². The number of carbonyl (C=O) groups excluding carboxylic acids is 5. The Morgan fingerprint density at radius 1 is 0.764 bits per heavy atom. The van der Waals surface area contributed by atoms with Crippen molar-refractivity contribution in [2.24, 2.45) is 11.8 Å². The second-order valence-electron chi connectivity index (χ2n) is 15.6. The molecule has 0 aliphatic carbocycles. The van der Waals surface area contributed by atoms with Crippen LogP contribution in [0.2, 0.25) is 0 Å². The van der Waals surface area contributed by atoms with E-state index in [0.717, 1.165) is 11.1 Å². The number of hydrogen-bond acceptors (Lipinski definition) is 9. The number of aliphatic hydroxyl groups is 1. The number of amides is 5. The van der Waals surface area contributed by atoms with E-state index in [1.54, 1.807) is 51.5 Å². The molecular weight excluding hydrogens is 704 g/mol. The molecule has 0 spiro atoms. The van der Waals surface area contributed by atoms with Crippen LogP contribution in [-0.4, -0.2) is 85.7 Å². The summed E-state index contributed by atoms with van der Waals surface area (Å²) in [7, 11) is 0. The molecule has 0 aliphatic heterocycles. The summed E-state index contributed by atoms with van der Waals surface area (Å²) in [4.78, 5) is 78.2. The maximum atomic E-state index is 14.0. The highest BCUT2D eigenvalue weighted by Crippen LogP contribution is 2.14. The van der Waals surface area contributed by atoms with Crippen molar-refractivity contribution in [3.05, 3.63) is 84.2 Å². The van der Waals surface area contributed by atoms with E-state index >= 15 is 0 Å². The van der Waals surface area contributed by atoms with Crippen LogP contribution >= 0.6 is 0 Å². The molecule has 5 atom stereocenters. The SMILES string of the molecule is CC(C)C[C@H](NC(=O)C[C@H](O)[C@H](CC(C)C)NC(=O)[C@H](Cc1c[nH]cn1)NC(=O)[C@H](Cc1ccccc1)NC(=O)OC(C)(C)C)C(=O)NCc1ccncc1. The van der Waals surface area contributed by atoms with Gasteiger partial charge in [0.15, 0.2) is 0 Å². The number of imidazole rings is 1. The Labute approximate surface area is 323 Å². The highest BCUT2D eigenvalue weighted by atomic mass is 16.6. The van der Waals surface area contributed by atoms with Crippen LogP contribution in [0.3, 0.4) is 0 Å². The Kier molecular flexibility index (Phi) is 17.3. The van der Waals surface area contributed by atoms with E-state index in [1.807, 2.05) is 58.0 Å². The van der Waals surface area contributed by atoms with E-state index < -0.39 is 59.7 Å². The van der Waals surface area contributed by atoms with Crippen molar-refractivity contribution in [1.82, 2.24) is 41.5 Å². The maximum absolute atomic E-state index is 14.0. The Morgan fingerprint density at radius 2 is 1.40 bits per heavy atom. The molecule has 15 nitrogen and oxygen atoms in total. The molecule has 2 heterocycles. The number of hydrogen-bond donors (Lipinski definition) is 7. The molecule has 7 N–H and O–H groups in total. The normalized spacial score (nSPS) is 14.2. The Hall–Kier alpha value is -5.31. The number of pyridine rings is 1. The number of aliphatic hydroxyl groups excluding tert-OH is 1. The molecule has 300 valence electrons. The topological polar surface area (TPSA) is 217 Å². The molecule has 2 aromatic heterocycles. The van der Waals surface area contributed by atoms with E-state index in [4.69, 9.17) is 4.74 Å². The minimum atomic E-state index is -1.33. The monoisotopic (exact) mass is 762 g/mol. The van der Waals surface area contributed by atoms with Crippen LogP contribution in [0, 0.1) is 11.8 Å². The number of H-pyrrole nitrogens is 1. The number of ether oxygens (including phenoxy) is 1. The number of nitrogens with one attached hydrogen (secondary N) is 6. The Bertz CT molecular complexity index is 1650. The molecule has 55 heavy (non-hydrogen) atoms. The predicted octanol–water partition coefficient (Wildman–Crippen LogP) is 3.10. The van der Waals surface area contributed by atoms with E-state index in [-0.39, 0.29) is 43.6 Å². The lowest BCUT2D eigenvalue weighted by Gasteiger charge is -2.29. The van der Waals surface area contributed by atoms with Gasteiger partial charge in [-0.15, -0.1) is 0 Å². The zero-order chi connectivity index (χ0) is 40.5. The molecule has 1 aromatic carbocycles. The molecule has 3 aromatic rings. The average Bonchev–Trinajstić information content (AvgIpc) is 3.62.